The van der Waals surface area contributed by atoms with Crippen molar-refractivity contribution >= 4 is 23.1 Å². The third-order valence-corrected chi connectivity index (χ3v) is 3.86. The van der Waals surface area contributed by atoms with Crippen LogP contribution in [0.15, 0.2) is 59.7 Å². The number of methoxy groups -OCH3 is 1. The fraction of sp³-hybridized carbons (Fsp3) is 0.158. The quantitative estimate of drug-likeness (QED) is 0.560. The van der Waals surface area contributed by atoms with E-state index < -0.39 is 6.04 Å². The fourth-order valence-corrected chi connectivity index (χ4v) is 2.58. The van der Waals surface area contributed by atoms with Crippen LogP contribution >= 0.6 is 0 Å². The number of nitrogens with one attached hydrogen (secondary N) is 1. The monoisotopic (exact) mass is 322 g/mol. The summed E-state index contributed by atoms with van der Waals surface area (Å²) in [6, 6.07) is 13.9. The molecule has 0 saturated carbocycles. The number of benzene rings is 2. The summed E-state index contributed by atoms with van der Waals surface area (Å²) < 4.78 is 4.88. The number of phenolic OH excluding ortho intramolecular Hbond substituents is 1. The summed E-state index contributed by atoms with van der Waals surface area (Å²) in [4.78, 5) is 19.6. The van der Waals surface area contributed by atoms with Crippen LogP contribution in [-0.4, -0.2) is 35.4 Å². The van der Waals surface area contributed by atoms with Crippen molar-refractivity contribution in [1.29, 1.82) is 0 Å². The molecular formula is C19H18N2O3. The van der Waals surface area contributed by atoms with Crippen LogP contribution in [0.1, 0.15) is 11.1 Å². The number of aliphatic imine (C=N–C) groups is 1. The van der Waals surface area contributed by atoms with Crippen molar-refractivity contribution < 1.29 is 14.6 Å². The SMILES string of the molecule is COC(=O)[C@@H](Cc1c[nH]c2ccccc12)N=Cc1ccc(O)cc1. The lowest BCUT2D eigenvalue weighted by atomic mass is 10.1. The number of aromatic amines is 1. The minimum atomic E-state index is -0.622. The van der Waals surface area contributed by atoms with Crippen LogP contribution in [0.3, 0.4) is 0 Å². The van der Waals surface area contributed by atoms with Gasteiger partial charge in [-0.2, -0.15) is 0 Å². The van der Waals surface area contributed by atoms with Crippen molar-refractivity contribution in [2.75, 3.05) is 7.11 Å². The topological polar surface area (TPSA) is 74.7 Å². The van der Waals surface area contributed by atoms with Crippen LogP contribution in [0.2, 0.25) is 0 Å². The molecular weight excluding hydrogens is 304 g/mol. The highest BCUT2D eigenvalue weighted by atomic mass is 16.5. The molecule has 1 heterocycles. The fourth-order valence-electron chi connectivity index (χ4n) is 2.58. The predicted octanol–water partition coefficient (Wildman–Crippen LogP) is 3.08. The number of carbonyl (C=O) groups excluding carboxylic acids is 1. The number of ether oxygens (including phenoxy) is 1. The highest BCUT2D eigenvalue weighted by Crippen LogP contribution is 2.20. The molecule has 5 heteroatoms. The Bertz CT molecular complexity index is 866. The molecule has 0 radical (unpaired) electrons. The Morgan fingerprint density at radius 2 is 2.00 bits per heavy atom. The van der Waals surface area contributed by atoms with E-state index in [2.05, 4.69) is 9.98 Å². The number of phenols is 1. The van der Waals surface area contributed by atoms with Gasteiger partial charge in [0.1, 0.15) is 5.75 Å². The minimum Gasteiger partial charge on any atom is -0.508 e. The van der Waals surface area contributed by atoms with Crippen LogP contribution < -0.4 is 0 Å². The van der Waals surface area contributed by atoms with Crippen molar-refractivity contribution in [2.24, 2.45) is 4.99 Å². The van der Waals surface area contributed by atoms with E-state index in [1.165, 1.54) is 7.11 Å². The number of rotatable bonds is 5. The van der Waals surface area contributed by atoms with Crippen LogP contribution in [0.5, 0.6) is 5.75 Å². The van der Waals surface area contributed by atoms with Gasteiger partial charge < -0.3 is 14.8 Å². The van der Waals surface area contributed by atoms with E-state index in [9.17, 15) is 9.90 Å². The predicted molar refractivity (Wildman–Crippen MR) is 93.5 cm³/mol. The number of aromatic nitrogens is 1. The van der Waals surface area contributed by atoms with Crippen molar-refractivity contribution in [2.45, 2.75) is 12.5 Å². The molecule has 0 fully saturated rings. The Kier molecular flexibility index (Phi) is 4.61. The zero-order chi connectivity index (χ0) is 16.9. The molecule has 0 aliphatic rings. The average Bonchev–Trinajstić information content (AvgIpc) is 3.02. The second kappa shape index (κ2) is 7.00. The number of carbonyl (C=O) groups is 1. The number of H-pyrrole nitrogens is 1. The van der Waals surface area contributed by atoms with Gasteiger partial charge in [0.05, 0.1) is 7.11 Å². The Morgan fingerprint density at radius 1 is 1.25 bits per heavy atom. The Labute approximate surface area is 139 Å². The summed E-state index contributed by atoms with van der Waals surface area (Å²) in [5, 5.41) is 10.4. The molecule has 0 aliphatic heterocycles. The minimum absolute atomic E-state index is 0.190. The molecule has 0 amide bonds. The number of esters is 1. The number of fused-ring (bicyclic) bond motifs is 1. The lowest BCUT2D eigenvalue weighted by Crippen LogP contribution is -2.23. The molecule has 2 N–H and O–H groups in total. The van der Waals surface area contributed by atoms with E-state index in [1.54, 1.807) is 30.5 Å². The largest absolute Gasteiger partial charge is 0.508 e. The normalized spacial score (nSPS) is 12.5. The Balaban J connectivity index is 1.84. The second-order valence-corrected chi connectivity index (χ2v) is 5.47. The molecule has 3 rings (SSSR count). The molecule has 122 valence electrons. The molecule has 0 spiro atoms. The number of hydrogen-bond acceptors (Lipinski definition) is 4. The first-order valence-electron chi connectivity index (χ1n) is 7.62. The standard InChI is InChI=1S/C19H18N2O3/c1-24-19(23)18(20-11-13-6-8-15(22)9-7-13)10-14-12-21-17-5-3-2-4-16(14)17/h2-9,11-12,18,21-22H,10H2,1H3/t18-/m1/s1. The number of nitrogens with zero attached hydrogens (tertiary/aromatic N) is 1. The molecule has 2 aromatic carbocycles. The molecule has 0 aliphatic carbocycles. The first kappa shape index (κ1) is 15.8. The zero-order valence-corrected chi connectivity index (χ0v) is 13.3. The lowest BCUT2D eigenvalue weighted by Gasteiger charge is -2.09. The summed E-state index contributed by atoms with van der Waals surface area (Å²) in [5.74, 6) is -0.189. The third kappa shape index (κ3) is 3.46. The maximum atomic E-state index is 12.1. The van der Waals surface area contributed by atoms with Gasteiger partial charge in [-0.1, -0.05) is 18.2 Å². The van der Waals surface area contributed by atoms with Crippen molar-refractivity contribution in [3.63, 3.8) is 0 Å². The molecule has 1 atom stereocenters. The number of aromatic hydroxyl groups is 1. The molecule has 24 heavy (non-hydrogen) atoms. The summed E-state index contributed by atoms with van der Waals surface area (Å²) in [6.45, 7) is 0. The van der Waals surface area contributed by atoms with E-state index in [0.29, 0.717) is 6.42 Å². The van der Waals surface area contributed by atoms with Crippen molar-refractivity contribution in [3.8, 4) is 5.75 Å². The van der Waals surface area contributed by atoms with Gasteiger partial charge in [-0.3, -0.25) is 4.99 Å². The van der Waals surface area contributed by atoms with E-state index in [1.807, 2.05) is 30.5 Å². The number of hydrogen-bond donors (Lipinski definition) is 2. The molecule has 5 nitrogen and oxygen atoms in total. The van der Waals surface area contributed by atoms with Crippen LogP contribution in [0, 0.1) is 0 Å². The highest BCUT2D eigenvalue weighted by Gasteiger charge is 2.19. The first-order chi connectivity index (χ1) is 11.7. The van der Waals surface area contributed by atoms with E-state index in [4.69, 9.17) is 4.74 Å². The Hall–Kier alpha value is -3.08. The highest BCUT2D eigenvalue weighted by molar-refractivity contribution is 5.86. The summed E-state index contributed by atoms with van der Waals surface area (Å²) in [7, 11) is 1.36. The summed E-state index contributed by atoms with van der Waals surface area (Å²) in [6.07, 6.45) is 3.97. The summed E-state index contributed by atoms with van der Waals surface area (Å²) >= 11 is 0. The van der Waals surface area contributed by atoms with Crippen molar-refractivity contribution in [1.82, 2.24) is 4.98 Å². The van der Waals surface area contributed by atoms with Crippen LogP contribution in [0.25, 0.3) is 10.9 Å². The van der Waals surface area contributed by atoms with Crippen LogP contribution in [0.4, 0.5) is 0 Å². The van der Waals surface area contributed by atoms with E-state index in [0.717, 1.165) is 22.0 Å². The van der Waals surface area contributed by atoms with Crippen molar-refractivity contribution in [3.05, 3.63) is 65.9 Å². The molecule has 1 aromatic heterocycles. The molecule has 3 aromatic rings. The van der Waals surface area contributed by atoms with Gasteiger partial charge >= 0.3 is 5.97 Å². The third-order valence-electron chi connectivity index (χ3n) is 3.86. The van der Waals surface area contributed by atoms with Gasteiger partial charge in [0.25, 0.3) is 0 Å². The average molecular weight is 322 g/mol. The molecule has 0 saturated heterocycles. The summed E-state index contributed by atoms with van der Waals surface area (Å²) in [5.41, 5.74) is 2.85. The molecule has 0 bridgehead atoms. The Morgan fingerprint density at radius 3 is 2.75 bits per heavy atom. The smallest absolute Gasteiger partial charge is 0.330 e. The maximum Gasteiger partial charge on any atom is 0.330 e. The second-order valence-electron chi connectivity index (χ2n) is 5.47. The van der Waals surface area contributed by atoms with Gasteiger partial charge in [-0.25, -0.2) is 4.79 Å². The van der Waals surface area contributed by atoms with E-state index in [-0.39, 0.29) is 11.7 Å². The number of para-hydroxylation sites is 1. The lowest BCUT2D eigenvalue weighted by molar-refractivity contribution is -0.142. The van der Waals surface area contributed by atoms with Gasteiger partial charge in [0.15, 0.2) is 6.04 Å². The first-order valence-corrected chi connectivity index (χ1v) is 7.62. The van der Waals surface area contributed by atoms with Gasteiger partial charge in [0.2, 0.25) is 0 Å². The van der Waals surface area contributed by atoms with Gasteiger partial charge in [-0.05, 0) is 41.5 Å². The maximum absolute atomic E-state index is 12.1. The zero-order valence-electron chi connectivity index (χ0n) is 13.3. The molecule has 0 unspecified atom stereocenters. The van der Waals surface area contributed by atoms with Gasteiger partial charge in [-0.15, -0.1) is 0 Å². The van der Waals surface area contributed by atoms with Crippen LogP contribution in [-0.2, 0) is 16.0 Å². The van der Waals surface area contributed by atoms with Gasteiger partial charge in [0, 0.05) is 29.7 Å². The van der Waals surface area contributed by atoms with E-state index >= 15 is 0 Å².